The Morgan fingerprint density at radius 1 is 0.773 bits per heavy atom. The Balaban J connectivity index is 2.01. The molecule has 2 nitrogen and oxygen atoms in total. The van der Waals surface area contributed by atoms with Crippen LogP contribution in [-0.2, 0) is 0 Å². The number of hydrogen-bond donors (Lipinski definition) is 0. The second-order valence-corrected chi connectivity index (χ2v) is 5.55. The fourth-order valence-electron chi connectivity index (χ4n) is 2.68. The van der Waals surface area contributed by atoms with Gasteiger partial charge in [0.15, 0.2) is 0 Å². The molecule has 4 aromatic rings. The van der Waals surface area contributed by atoms with Crippen LogP contribution in [0.25, 0.3) is 28.2 Å². The van der Waals surface area contributed by atoms with Crippen molar-refractivity contribution in [1.82, 2.24) is 9.38 Å². The number of pyridine rings is 1. The predicted molar refractivity (Wildman–Crippen MR) is 91.1 cm³/mol. The van der Waals surface area contributed by atoms with Crippen LogP contribution in [0.4, 0.5) is 0 Å². The Labute approximate surface area is 133 Å². The summed E-state index contributed by atoms with van der Waals surface area (Å²) in [7, 11) is 0. The summed E-state index contributed by atoms with van der Waals surface area (Å²) in [5.41, 5.74) is 4.19. The monoisotopic (exact) mass is 304 g/mol. The third kappa shape index (κ3) is 2.18. The zero-order valence-electron chi connectivity index (χ0n) is 11.8. The lowest BCUT2D eigenvalue weighted by Gasteiger charge is -2.01. The number of nitrogens with zero attached hydrogens (tertiary/aromatic N) is 2. The molecule has 0 aliphatic rings. The van der Waals surface area contributed by atoms with Crippen LogP contribution in [0.1, 0.15) is 0 Å². The minimum Gasteiger partial charge on any atom is -0.299 e. The van der Waals surface area contributed by atoms with Gasteiger partial charge >= 0.3 is 0 Å². The summed E-state index contributed by atoms with van der Waals surface area (Å²) in [6.07, 6.45) is 2.03. The van der Waals surface area contributed by atoms with Crippen LogP contribution in [0.15, 0.2) is 79.0 Å². The number of imidazole rings is 1. The highest BCUT2D eigenvalue weighted by Crippen LogP contribution is 2.30. The molecular formula is C19H13ClN2. The second-order valence-electron chi connectivity index (χ2n) is 5.12. The minimum atomic E-state index is 0.714. The molecule has 0 aliphatic carbocycles. The fraction of sp³-hybridized carbons (Fsp3) is 0. The van der Waals surface area contributed by atoms with E-state index in [-0.39, 0.29) is 0 Å². The molecule has 0 bridgehead atoms. The highest BCUT2D eigenvalue weighted by Gasteiger charge is 2.13. The highest BCUT2D eigenvalue weighted by molar-refractivity contribution is 6.30. The summed E-state index contributed by atoms with van der Waals surface area (Å²) >= 11 is 6.13. The molecular weight excluding hydrogens is 292 g/mol. The number of fused-ring (bicyclic) bond motifs is 1. The van der Waals surface area contributed by atoms with E-state index in [9.17, 15) is 0 Å². The summed E-state index contributed by atoms with van der Waals surface area (Å²) in [5, 5.41) is 0.714. The molecule has 0 atom stereocenters. The summed E-state index contributed by atoms with van der Waals surface area (Å²) < 4.78 is 2.11. The molecule has 0 saturated carbocycles. The van der Waals surface area contributed by atoms with Crippen molar-refractivity contribution in [1.29, 1.82) is 0 Å². The first-order valence-electron chi connectivity index (χ1n) is 7.11. The average Bonchev–Trinajstić information content (AvgIpc) is 2.95. The molecule has 106 valence electrons. The van der Waals surface area contributed by atoms with E-state index < -0.39 is 0 Å². The largest absolute Gasteiger partial charge is 0.299 e. The van der Waals surface area contributed by atoms with Gasteiger partial charge in [0.05, 0.1) is 11.2 Å². The van der Waals surface area contributed by atoms with Gasteiger partial charge in [-0.25, -0.2) is 4.98 Å². The molecule has 2 heterocycles. The van der Waals surface area contributed by atoms with Crippen LogP contribution in [0.5, 0.6) is 0 Å². The van der Waals surface area contributed by atoms with Gasteiger partial charge in [-0.3, -0.25) is 4.40 Å². The third-order valence-electron chi connectivity index (χ3n) is 3.68. The maximum Gasteiger partial charge on any atom is 0.145 e. The Morgan fingerprint density at radius 2 is 1.55 bits per heavy atom. The van der Waals surface area contributed by atoms with E-state index in [1.807, 2.05) is 60.8 Å². The number of hydrogen-bond acceptors (Lipinski definition) is 1. The van der Waals surface area contributed by atoms with Crippen molar-refractivity contribution in [2.45, 2.75) is 0 Å². The van der Waals surface area contributed by atoms with E-state index in [1.54, 1.807) is 0 Å². The van der Waals surface area contributed by atoms with Gasteiger partial charge in [0.25, 0.3) is 0 Å². The lowest BCUT2D eigenvalue weighted by Crippen LogP contribution is -1.87. The summed E-state index contributed by atoms with van der Waals surface area (Å²) in [4.78, 5) is 4.88. The van der Waals surface area contributed by atoms with E-state index in [2.05, 4.69) is 22.6 Å². The molecule has 0 N–H and O–H groups in total. The minimum absolute atomic E-state index is 0.714. The molecule has 2 aromatic heterocycles. The zero-order valence-corrected chi connectivity index (χ0v) is 12.5. The Morgan fingerprint density at radius 3 is 2.36 bits per heavy atom. The standard InChI is InChI=1S/C19H13ClN2/c20-16-10-6-9-15(13-16)19-21-18(14-7-2-1-3-8-14)17-11-4-5-12-22(17)19/h1-13H. The van der Waals surface area contributed by atoms with E-state index in [0.717, 1.165) is 28.2 Å². The molecule has 22 heavy (non-hydrogen) atoms. The number of benzene rings is 2. The molecule has 0 amide bonds. The zero-order chi connectivity index (χ0) is 14.9. The van der Waals surface area contributed by atoms with E-state index in [0.29, 0.717) is 5.02 Å². The third-order valence-corrected chi connectivity index (χ3v) is 3.91. The summed E-state index contributed by atoms with van der Waals surface area (Å²) in [6.45, 7) is 0. The number of halogens is 1. The molecule has 0 fully saturated rings. The van der Waals surface area contributed by atoms with Crippen molar-refractivity contribution in [3.63, 3.8) is 0 Å². The van der Waals surface area contributed by atoms with Gasteiger partial charge in [-0.15, -0.1) is 0 Å². The predicted octanol–water partition coefficient (Wildman–Crippen LogP) is 5.32. The van der Waals surface area contributed by atoms with Crippen molar-refractivity contribution in [3.05, 3.63) is 84.0 Å². The second kappa shape index (κ2) is 5.32. The van der Waals surface area contributed by atoms with Crippen molar-refractivity contribution < 1.29 is 0 Å². The van der Waals surface area contributed by atoms with Crippen LogP contribution in [-0.4, -0.2) is 9.38 Å². The number of rotatable bonds is 2. The quantitative estimate of drug-likeness (QED) is 0.490. The molecule has 4 rings (SSSR count). The van der Waals surface area contributed by atoms with Crippen LogP contribution in [0, 0.1) is 0 Å². The Bertz CT molecular complexity index is 942. The Hall–Kier alpha value is -2.58. The molecule has 0 saturated heterocycles. The van der Waals surface area contributed by atoms with Crippen LogP contribution < -0.4 is 0 Å². The molecule has 0 spiro atoms. The van der Waals surface area contributed by atoms with E-state index in [1.165, 1.54) is 0 Å². The first-order chi connectivity index (χ1) is 10.8. The van der Waals surface area contributed by atoms with Crippen molar-refractivity contribution >= 4 is 17.1 Å². The fourth-order valence-corrected chi connectivity index (χ4v) is 2.87. The maximum absolute atomic E-state index is 6.13. The summed E-state index contributed by atoms with van der Waals surface area (Å²) in [6, 6.07) is 24.2. The van der Waals surface area contributed by atoms with Crippen molar-refractivity contribution in [2.24, 2.45) is 0 Å². The van der Waals surface area contributed by atoms with Gasteiger partial charge in [-0.05, 0) is 24.3 Å². The average molecular weight is 305 g/mol. The van der Waals surface area contributed by atoms with Crippen molar-refractivity contribution in [2.75, 3.05) is 0 Å². The summed E-state index contributed by atoms with van der Waals surface area (Å²) in [5.74, 6) is 0.900. The normalized spacial score (nSPS) is 11.0. The van der Waals surface area contributed by atoms with Gasteiger partial charge in [-0.1, -0.05) is 60.1 Å². The van der Waals surface area contributed by atoms with Gasteiger partial charge < -0.3 is 0 Å². The van der Waals surface area contributed by atoms with Gasteiger partial charge in [0.1, 0.15) is 5.82 Å². The molecule has 0 unspecified atom stereocenters. The van der Waals surface area contributed by atoms with Crippen LogP contribution in [0.3, 0.4) is 0 Å². The van der Waals surface area contributed by atoms with E-state index >= 15 is 0 Å². The lowest BCUT2D eigenvalue weighted by molar-refractivity contribution is 1.16. The maximum atomic E-state index is 6.13. The van der Waals surface area contributed by atoms with Gasteiger partial charge in [0.2, 0.25) is 0 Å². The lowest BCUT2D eigenvalue weighted by atomic mass is 10.1. The first-order valence-corrected chi connectivity index (χ1v) is 7.49. The van der Waals surface area contributed by atoms with Crippen molar-refractivity contribution in [3.8, 4) is 22.6 Å². The van der Waals surface area contributed by atoms with Crippen LogP contribution in [0.2, 0.25) is 5.02 Å². The molecule has 0 aliphatic heterocycles. The first kappa shape index (κ1) is 13.1. The van der Waals surface area contributed by atoms with Gasteiger partial charge in [0, 0.05) is 22.3 Å². The topological polar surface area (TPSA) is 17.3 Å². The SMILES string of the molecule is Clc1cccc(-c2nc(-c3ccccc3)c3ccccn23)c1. The van der Waals surface area contributed by atoms with Gasteiger partial charge in [-0.2, -0.15) is 0 Å². The molecule has 2 aromatic carbocycles. The molecule has 0 radical (unpaired) electrons. The number of aromatic nitrogens is 2. The highest BCUT2D eigenvalue weighted by atomic mass is 35.5. The molecule has 3 heteroatoms. The Kier molecular flexibility index (Phi) is 3.17. The van der Waals surface area contributed by atoms with Crippen LogP contribution >= 0.6 is 11.6 Å². The smallest absolute Gasteiger partial charge is 0.145 e. The van der Waals surface area contributed by atoms with E-state index in [4.69, 9.17) is 16.6 Å².